The van der Waals surface area contributed by atoms with Gasteiger partial charge in [0.15, 0.2) is 0 Å². The maximum absolute atomic E-state index is 13.9. The van der Waals surface area contributed by atoms with E-state index in [0.29, 0.717) is 36.5 Å². The van der Waals surface area contributed by atoms with E-state index in [-0.39, 0.29) is 11.6 Å². The zero-order valence-electron chi connectivity index (χ0n) is 13.9. The van der Waals surface area contributed by atoms with Crippen molar-refractivity contribution in [2.45, 2.75) is 26.3 Å². The highest BCUT2D eigenvalue weighted by atomic mass is 19.1. The maximum atomic E-state index is 13.9. The topological polar surface area (TPSA) is 78.1 Å². The first kappa shape index (κ1) is 17.1. The molecule has 1 unspecified atom stereocenters. The number of halogens is 2. The molecule has 1 fully saturated rings. The number of benzene rings is 1. The molecule has 25 heavy (non-hydrogen) atoms. The second kappa shape index (κ2) is 6.62. The van der Waals surface area contributed by atoms with E-state index in [0.717, 1.165) is 6.07 Å². The van der Waals surface area contributed by atoms with Crippen LogP contribution in [0.15, 0.2) is 23.0 Å². The van der Waals surface area contributed by atoms with E-state index >= 15 is 0 Å². The van der Waals surface area contributed by atoms with Crippen molar-refractivity contribution in [3.63, 3.8) is 0 Å². The highest BCUT2D eigenvalue weighted by Gasteiger charge is 2.27. The van der Waals surface area contributed by atoms with Crippen molar-refractivity contribution >= 4 is 11.6 Å². The molecule has 0 radical (unpaired) electrons. The number of nitrogens with zero attached hydrogens (tertiary/aromatic N) is 2. The Morgan fingerprint density at radius 2 is 2.12 bits per heavy atom. The lowest BCUT2D eigenvalue weighted by Gasteiger charge is -2.20. The van der Waals surface area contributed by atoms with Crippen molar-refractivity contribution in [2.75, 3.05) is 18.0 Å². The van der Waals surface area contributed by atoms with Gasteiger partial charge in [-0.2, -0.15) is 5.10 Å². The van der Waals surface area contributed by atoms with Crippen LogP contribution in [0, 0.1) is 25.5 Å². The Kier molecular flexibility index (Phi) is 4.52. The zero-order valence-corrected chi connectivity index (χ0v) is 13.9. The molecule has 1 aromatic carbocycles. The molecule has 3 rings (SSSR count). The van der Waals surface area contributed by atoms with Gasteiger partial charge in [-0.05, 0) is 38.0 Å². The molecular formula is C17H18F2N4O2. The van der Waals surface area contributed by atoms with Gasteiger partial charge in [0.2, 0.25) is 0 Å². The van der Waals surface area contributed by atoms with Gasteiger partial charge in [0.1, 0.15) is 17.2 Å². The van der Waals surface area contributed by atoms with Crippen LogP contribution in [0.1, 0.15) is 28.0 Å². The number of carbonyl (C=O) groups excluding carboxylic acids is 1. The van der Waals surface area contributed by atoms with Gasteiger partial charge in [-0.25, -0.2) is 13.9 Å². The number of aryl methyl sites for hydroxylation is 1. The van der Waals surface area contributed by atoms with E-state index in [1.807, 2.05) is 0 Å². The molecule has 0 spiro atoms. The van der Waals surface area contributed by atoms with Gasteiger partial charge in [-0.3, -0.25) is 9.59 Å². The van der Waals surface area contributed by atoms with Crippen LogP contribution in [0.2, 0.25) is 0 Å². The number of nitrogens with one attached hydrogen (secondary N) is 2. The van der Waals surface area contributed by atoms with Crippen molar-refractivity contribution in [3.8, 4) is 0 Å². The molecule has 0 aliphatic carbocycles. The van der Waals surface area contributed by atoms with Gasteiger partial charge in [0.25, 0.3) is 11.5 Å². The van der Waals surface area contributed by atoms with Gasteiger partial charge < -0.3 is 10.2 Å². The van der Waals surface area contributed by atoms with Crippen molar-refractivity contribution in [3.05, 3.63) is 57.0 Å². The fourth-order valence-corrected chi connectivity index (χ4v) is 2.99. The van der Waals surface area contributed by atoms with Gasteiger partial charge in [0, 0.05) is 25.2 Å². The quantitative estimate of drug-likeness (QED) is 0.885. The van der Waals surface area contributed by atoms with Gasteiger partial charge in [0.05, 0.1) is 11.4 Å². The molecule has 2 heterocycles. The maximum Gasteiger partial charge on any atom is 0.277 e. The fourth-order valence-electron chi connectivity index (χ4n) is 2.99. The number of aromatic nitrogens is 2. The largest absolute Gasteiger partial charge is 0.367 e. The molecular weight excluding hydrogens is 330 g/mol. The molecule has 1 amide bonds. The SMILES string of the molecule is Cc1n[nH]c(=O)c(C(=O)NC2CCN(c3ccc(F)cc3F)C2)c1C. The highest BCUT2D eigenvalue weighted by molar-refractivity contribution is 5.95. The minimum atomic E-state index is -0.635. The van der Waals surface area contributed by atoms with Crippen LogP contribution < -0.4 is 15.8 Å². The van der Waals surface area contributed by atoms with Gasteiger partial charge in [-0.15, -0.1) is 0 Å². The Morgan fingerprint density at radius 1 is 1.36 bits per heavy atom. The lowest BCUT2D eigenvalue weighted by molar-refractivity contribution is 0.0938. The zero-order chi connectivity index (χ0) is 18.1. The molecule has 8 heteroatoms. The van der Waals surface area contributed by atoms with E-state index in [2.05, 4.69) is 15.5 Å². The summed E-state index contributed by atoms with van der Waals surface area (Å²) in [5, 5.41) is 8.93. The van der Waals surface area contributed by atoms with Gasteiger partial charge in [-0.1, -0.05) is 0 Å². The van der Waals surface area contributed by atoms with Crippen LogP contribution in [-0.2, 0) is 0 Å². The summed E-state index contributed by atoms with van der Waals surface area (Å²) in [5.41, 5.74) is 0.901. The van der Waals surface area contributed by atoms with Crippen LogP contribution >= 0.6 is 0 Å². The Hall–Kier alpha value is -2.77. The van der Waals surface area contributed by atoms with E-state index < -0.39 is 23.1 Å². The van der Waals surface area contributed by atoms with E-state index in [1.54, 1.807) is 18.7 Å². The third-order valence-electron chi connectivity index (χ3n) is 4.47. The highest BCUT2D eigenvalue weighted by Crippen LogP contribution is 2.24. The second-order valence-corrected chi connectivity index (χ2v) is 6.14. The normalized spacial score (nSPS) is 17.0. The Balaban J connectivity index is 1.72. The van der Waals surface area contributed by atoms with Crippen LogP contribution in [-0.4, -0.2) is 35.2 Å². The summed E-state index contributed by atoms with van der Waals surface area (Å²) >= 11 is 0. The number of amides is 1. The second-order valence-electron chi connectivity index (χ2n) is 6.14. The van der Waals surface area contributed by atoms with E-state index in [1.165, 1.54) is 12.1 Å². The predicted molar refractivity (Wildman–Crippen MR) is 88.8 cm³/mol. The summed E-state index contributed by atoms with van der Waals surface area (Å²) in [6.07, 6.45) is 0.601. The van der Waals surface area contributed by atoms with Crippen LogP contribution in [0.3, 0.4) is 0 Å². The Morgan fingerprint density at radius 3 is 2.84 bits per heavy atom. The standard InChI is InChI=1S/C17H18F2N4O2/c1-9-10(2)21-22-17(25)15(9)16(24)20-12-5-6-23(8-12)14-4-3-11(18)7-13(14)19/h3-4,7,12H,5-6,8H2,1-2H3,(H,20,24)(H,22,25). The first-order valence-electron chi connectivity index (χ1n) is 7.93. The van der Waals surface area contributed by atoms with E-state index in [9.17, 15) is 18.4 Å². The Bertz CT molecular complexity index is 881. The smallest absolute Gasteiger partial charge is 0.277 e. The Labute approximate surface area is 142 Å². The molecule has 0 saturated carbocycles. The van der Waals surface area contributed by atoms with Crippen molar-refractivity contribution in [2.24, 2.45) is 0 Å². The van der Waals surface area contributed by atoms with Crippen LogP contribution in [0.25, 0.3) is 0 Å². The number of H-pyrrole nitrogens is 1. The molecule has 132 valence electrons. The third-order valence-corrected chi connectivity index (χ3v) is 4.47. The summed E-state index contributed by atoms with van der Waals surface area (Å²) in [5.74, 6) is -1.74. The van der Waals surface area contributed by atoms with E-state index in [4.69, 9.17) is 0 Å². The van der Waals surface area contributed by atoms with Crippen molar-refractivity contribution in [1.29, 1.82) is 0 Å². The number of carbonyl (C=O) groups is 1. The predicted octanol–water partition coefficient (Wildman–Crippen LogP) is 1.67. The molecule has 1 atom stereocenters. The first-order valence-corrected chi connectivity index (χ1v) is 7.93. The molecule has 6 nitrogen and oxygen atoms in total. The summed E-state index contributed by atoms with van der Waals surface area (Å²) < 4.78 is 26.9. The summed E-state index contributed by atoms with van der Waals surface area (Å²) in [6.45, 7) is 4.28. The molecule has 1 aliphatic heterocycles. The summed E-state index contributed by atoms with van der Waals surface area (Å²) in [7, 11) is 0. The number of hydrogen-bond donors (Lipinski definition) is 2. The molecule has 1 aliphatic rings. The average Bonchev–Trinajstić information content (AvgIpc) is 2.99. The third kappa shape index (κ3) is 3.38. The lowest BCUT2D eigenvalue weighted by Crippen LogP contribution is -2.40. The number of aromatic amines is 1. The minimum Gasteiger partial charge on any atom is -0.367 e. The molecule has 1 aromatic heterocycles. The van der Waals surface area contributed by atoms with Crippen molar-refractivity contribution < 1.29 is 13.6 Å². The average molecular weight is 348 g/mol. The number of anilines is 1. The van der Waals surface area contributed by atoms with Crippen molar-refractivity contribution in [1.82, 2.24) is 15.5 Å². The fraction of sp³-hybridized carbons (Fsp3) is 0.353. The monoisotopic (exact) mass is 348 g/mol. The molecule has 2 N–H and O–H groups in total. The minimum absolute atomic E-state index is 0.0407. The summed E-state index contributed by atoms with van der Waals surface area (Å²) in [4.78, 5) is 26.1. The molecule has 2 aromatic rings. The van der Waals surface area contributed by atoms with Crippen LogP contribution in [0.5, 0.6) is 0 Å². The van der Waals surface area contributed by atoms with Gasteiger partial charge >= 0.3 is 0 Å². The number of rotatable bonds is 3. The van der Waals surface area contributed by atoms with Crippen LogP contribution in [0.4, 0.5) is 14.5 Å². The lowest BCUT2D eigenvalue weighted by atomic mass is 10.1. The molecule has 0 bridgehead atoms. The first-order chi connectivity index (χ1) is 11.9. The molecule has 1 saturated heterocycles. The number of hydrogen-bond acceptors (Lipinski definition) is 4. The summed E-state index contributed by atoms with van der Waals surface area (Å²) in [6, 6.07) is 3.19.